The highest BCUT2D eigenvalue weighted by molar-refractivity contribution is 5.90. The minimum Gasteiger partial charge on any atom is -0.250 e. The zero-order valence-electron chi connectivity index (χ0n) is 14.8. The van der Waals surface area contributed by atoms with Crippen LogP contribution in [0.1, 0.15) is 41.0 Å². The first-order valence-electron chi connectivity index (χ1n) is 8.87. The van der Waals surface area contributed by atoms with Gasteiger partial charge in [-0.25, -0.2) is 25.3 Å². The number of aromatic nitrogens is 4. The molecule has 0 radical (unpaired) electrons. The maximum atomic E-state index is 4.80. The van der Waals surface area contributed by atoms with Crippen LogP contribution in [-0.2, 0) is 0 Å². The summed E-state index contributed by atoms with van der Waals surface area (Å²) in [4.78, 5) is 9.25. The number of para-hydroxylation sites is 1. The Hall–Kier alpha value is -2.83. The van der Waals surface area contributed by atoms with E-state index < -0.39 is 0 Å². The van der Waals surface area contributed by atoms with E-state index in [1.807, 2.05) is 24.3 Å². The number of aryl methyl sites for hydroxylation is 2. The van der Waals surface area contributed by atoms with Crippen LogP contribution < -0.4 is 10.9 Å². The number of rotatable bonds is 2. The highest BCUT2D eigenvalue weighted by Crippen LogP contribution is 2.31. The predicted octanol–water partition coefficient (Wildman–Crippen LogP) is 3.17. The van der Waals surface area contributed by atoms with Crippen molar-refractivity contribution in [1.29, 1.82) is 0 Å². The van der Waals surface area contributed by atoms with Gasteiger partial charge in [-0.15, -0.1) is 5.10 Å². The zero-order chi connectivity index (χ0) is 17.7. The summed E-state index contributed by atoms with van der Waals surface area (Å²) in [5, 5.41) is 5.67. The molecule has 1 aliphatic rings. The first-order chi connectivity index (χ1) is 12.7. The first-order valence-corrected chi connectivity index (χ1v) is 8.87. The molecule has 130 valence electrons. The van der Waals surface area contributed by atoms with Gasteiger partial charge in [0.1, 0.15) is 6.33 Å². The number of hydrogen-bond donors (Lipinski definition) is 2. The summed E-state index contributed by atoms with van der Waals surface area (Å²) < 4.78 is 1.77. The number of hydrogen-bond acceptors (Lipinski definition) is 5. The Labute approximate surface area is 151 Å². The van der Waals surface area contributed by atoms with E-state index in [-0.39, 0.29) is 12.1 Å². The lowest BCUT2D eigenvalue weighted by molar-refractivity contribution is 0.539. The van der Waals surface area contributed by atoms with Gasteiger partial charge in [0.2, 0.25) is 0 Å². The van der Waals surface area contributed by atoms with E-state index in [2.05, 4.69) is 53.0 Å². The monoisotopic (exact) mass is 344 g/mol. The SMILES string of the molecule is Cc1ccc(C2CC(c3nc4c5ccccc5ncn4n3)NN2)c(C)c1. The molecule has 2 unspecified atom stereocenters. The van der Waals surface area contributed by atoms with Crippen LogP contribution in [0.4, 0.5) is 0 Å². The van der Waals surface area contributed by atoms with Crippen LogP contribution in [0, 0.1) is 13.8 Å². The molecule has 2 aromatic heterocycles. The fourth-order valence-corrected chi connectivity index (χ4v) is 3.79. The first kappa shape index (κ1) is 15.4. The largest absolute Gasteiger partial charge is 0.250 e. The van der Waals surface area contributed by atoms with Crippen molar-refractivity contribution in [3.8, 4) is 0 Å². The Morgan fingerprint density at radius 1 is 1.04 bits per heavy atom. The summed E-state index contributed by atoms with van der Waals surface area (Å²) in [5.74, 6) is 0.794. The summed E-state index contributed by atoms with van der Waals surface area (Å²) in [6.45, 7) is 4.29. The van der Waals surface area contributed by atoms with Crippen molar-refractivity contribution in [3.05, 3.63) is 71.3 Å². The summed E-state index contributed by atoms with van der Waals surface area (Å²) in [6, 6.07) is 14.9. The number of hydrazine groups is 1. The van der Waals surface area contributed by atoms with Crippen LogP contribution in [-0.4, -0.2) is 19.6 Å². The minimum absolute atomic E-state index is 0.0689. The van der Waals surface area contributed by atoms with E-state index in [0.29, 0.717) is 0 Å². The predicted molar refractivity (Wildman–Crippen MR) is 101 cm³/mol. The van der Waals surface area contributed by atoms with E-state index in [0.717, 1.165) is 28.8 Å². The second-order valence-electron chi connectivity index (χ2n) is 6.99. The van der Waals surface area contributed by atoms with Gasteiger partial charge < -0.3 is 0 Å². The van der Waals surface area contributed by atoms with Crippen LogP contribution in [0.25, 0.3) is 16.6 Å². The van der Waals surface area contributed by atoms with E-state index >= 15 is 0 Å². The maximum absolute atomic E-state index is 4.80. The topological polar surface area (TPSA) is 67.1 Å². The van der Waals surface area contributed by atoms with Gasteiger partial charge >= 0.3 is 0 Å². The minimum atomic E-state index is 0.0689. The van der Waals surface area contributed by atoms with Crippen LogP contribution in [0.15, 0.2) is 48.8 Å². The third-order valence-electron chi connectivity index (χ3n) is 5.11. The average molecular weight is 344 g/mol. The zero-order valence-corrected chi connectivity index (χ0v) is 14.8. The third-order valence-corrected chi connectivity index (χ3v) is 5.11. The molecule has 26 heavy (non-hydrogen) atoms. The molecule has 5 rings (SSSR count). The third kappa shape index (κ3) is 2.46. The van der Waals surface area contributed by atoms with Crippen molar-refractivity contribution < 1.29 is 0 Å². The molecular formula is C20H20N6. The highest BCUT2D eigenvalue weighted by Gasteiger charge is 2.30. The van der Waals surface area contributed by atoms with Crippen LogP contribution in [0.5, 0.6) is 0 Å². The van der Waals surface area contributed by atoms with Gasteiger partial charge in [0.05, 0.1) is 11.6 Å². The smallest absolute Gasteiger partial charge is 0.170 e. The van der Waals surface area contributed by atoms with Gasteiger partial charge in [-0.2, -0.15) is 0 Å². The molecule has 0 bridgehead atoms. The molecule has 4 aromatic rings. The van der Waals surface area contributed by atoms with Gasteiger partial charge in [0.25, 0.3) is 0 Å². The normalized spacial score (nSPS) is 20.2. The van der Waals surface area contributed by atoms with Crippen molar-refractivity contribution in [1.82, 2.24) is 30.4 Å². The van der Waals surface area contributed by atoms with Crippen molar-refractivity contribution >= 4 is 16.6 Å². The Morgan fingerprint density at radius 3 is 2.77 bits per heavy atom. The Balaban J connectivity index is 1.48. The number of nitrogens with one attached hydrogen (secondary N) is 2. The second-order valence-corrected chi connectivity index (χ2v) is 6.99. The Kier molecular flexibility index (Phi) is 3.48. The maximum Gasteiger partial charge on any atom is 0.170 e. The fourth-order valence-electron chi connectivity index (χ4n) is 3.79. The van der Waals surface area contributed by atoms with Crippen molar-refractivity contribution in [2.24, 2.45) is 0 Å². The molecule has 2 aromatic carbocycles. The van der Waals surface area contributed by atoms with E-state index in [9.17, 15) is 0 Å². The lowest BCUT2D eigenvalue weighted by atomic mass is 9.96. The van der Waals surface area contributed by atoms with Crippen molar-refractivity contribution in [3.63, 3.8) is 0 Å². The van der Waals surface area contributed by atoms with Gasteiger partial charge in [-0.05, 0) is 43.5 Å². The molecule has 0 aliphatic carbocycles. The Bertz CT molecular complexity index is 1120. The molecule has 2 N–H and O–H groups in total. The second kappa shape index (κ2) is 5.86. The fraction of sp³-hybridized carbons (Fsp3) is 0.250. The van der Waals surface area contributed by atoms with Crippen molar-refractivity contribution in [2.45, 2.75) is 32.4 Å². The van der Waals surface area contributed by atoms with E-state index in [4.69, 9.17) is 4.98 Å². The molecule has 6 heteroatoms. The van der Waals surface area contributed by atoms with Gasteiger partial charge in [-0.1, -0.05) is 35.9 Å². The molecule has 6 nitrogen and oxygen atoms in total. The van der Waals surface area contributed by atoms with Gasteiger partial charge in [0, 0.05) is 11.4 Å². The summed E-state index contributed by atoms with van der Waals surface area (Å²) >= 11 is 0. The standard InChI is InChI=1S/C20H20N6/c1-12-7-8-14(13(2)9-12)17-10-18(24-23-17)19-22-20-15-5-3-4-6-16(15)21-11-26(20)25-19/h3-9,11,17-18,23-24H,10H2,1-2H3. The quantitative estimate of drug-likeness (QED) is 0.585. The molecular weight excluding hydrogens is 324 g/mol. The average Bonchev–Trinajstić information content (AvgIpc) is 3.28. The van der Waals surface area contributed by atoms with Gasteiger partial charge in [0.15, 0.2) is 11.5 Å². The molecule has 0 spiro atoms. The van der Waals surface area contributed by atoms with Crippen LogP contribution >= 0.6 is 0 Å². The lowest BCUT2D eigenvalue weighted by Crippen LogP contribution is -2.27. The molecule has 3 heterocycles. The molecule has 0 amide bonds. The van der Waals surface area contributed by atoms with E-state index in [1.165, 1.54) is 16.7 Å². The molecule has 2 atom stereocenters. The summed E-state index contributed by atoms with van der Waals surface area (Å²) in [6.07, 6.45) is 2.64. The summed E-state index contributed by atoms with van der Waals surface area (Å²) in [5.41, 5.74) is 12.5. The van der Waals surface area contributed by atoms with Crippen LogP contribution in [0.3, 0.4) is 0 Å². The molecule has 0 saturated carbocycles. The number of fused-ring (bicyclic) bond motifs is 3. The highest BCUT2D eigenvalue weighted by atomic mass is 15.4. The molecule has 1 aliphatic heterocycles. The number of benzene rings is 2. The molecule has 1 fully saturated rings. The van der Waals surface area contributed by atoms with Crippen molar-refractivity contribution in [2.75, 3.05) is 0 Å². The molecule has 1 saturated heterocycles. The number of nitrogens with zero attached hydrogens (tertiary/aromatic N) is 4. The van der Waals surface area contributed by atoms with Gasteiger partial charge in [-0.3, -0.25) is 0 Å². The van der Waals surface area contributed by atoms with Crippen LogP contribution in [0.2, 0.25) is 0 Å². The summed E-state index contributed by atoms with van der Waals surface area (Å²) in [7, 11) is 0. The lowest BCUT2D eigenvalue weighted by Gasteiger charge is -2.13. The van der Waals surface area contributed by atoms with E-state index in [1.54, 1.807) is 10.8 Å². The Morgan fingerprint density at radius 2 is 1.88 bits per heavy atom.